The maximum absolute atomic E-state index is 13.1. The zero-order valence-electron chi connectivity index (χ0n) is 11.1. The van der Waals surface area contributed by atoms with Crippen LogP contribution in [0.4, 0.5) is 14.5 Å². The molecule has 0 bridgehead atoms. The number of nitrogens with one attached hydrogen (secondary N) is 1. The summed E-state index contributed by atoms with van der Waals surface area (Å²) >= 11 is 0. The molecular formula is C13H14F2N4O. The van der Waals surface area contributed by atoms with Gasteiger partial charge in [0.15, 0.2) is 17.3 Å². The van der Waals surface area contributed by atoms with Crippen molar-refractivity contribution in [3.63, 3.8) is 0 Å². The highest BCUT2D eigenvalue weighted by molar-refractivity contribution is 5.97. The summed E-state index contributed by atoms with van der Waals surface area (Å²) in [5.74, 6) is -2.26. The number of hydrogen-bond acceptors (Lipinski definition) is 3. The SMILES string of the molecule is Cc1[nH]nc(C(=O)N(C)Cc2ccc(F)c(F)c2)c1N. The average molecular weight is 280 g/mol. The number of hydrogen-bond donors (Lipinski definition) is 2. The predicted octanol–water partition coefficient (Wildman–Crippen LogP) is 1.85. The number of nitrogen functional groups attached to an aromatic ring is 1. The first-order chi connectivity index (χ1) is 9.40. The van der Waals surface area contributed by atoms with Crippen molar-refractivity contribution >= 4 is 11.6 Å². The number of aromatic nitrogens is 2. The summed E-state index contributed by atoms with van der Waals surface area (Å²) < 4.78 is 25.9. The second kappa shape index (κ2) is 5.28. The Labute approximate surface area is 114 Å². The molecule has 106 valence electrons. The zero-order valence-corrected chi connectivity index (χ0v) is 11.1. The lowest BCUT2D eigenvalue weighted by Gasteiger charge is -2.16. The molecule has 0 saturated carbocycles. The summed E-state index contributed by atoms with van der Waals surface area (Å²) in [6, 6.07) is 3.50. The molecule has 0 aliphatic carbocycles. The number of carbonyl (C=O) groups is 1. The Morgan fingerprint density at radius 3 is 2.65 bits per heavy atom. The van der Waals surface area contributed by atoms with Crippen LogP contribution in [0.1, 0.15) is 21.7 Å². The van der Waals surface area contributed by atoms with E-state index in [1.807, 2.05) is 0 Å². The minimum Gasteiger partial charge on any atom is -0.395 e. The van der Waals surface area contributed by atoms with Gasteiger partial charge in [-0.3, -0.25) is 9.89 Å². The lowest BCUT2D eigenvalue weighted by molar-refractivity contribution is 0.0780. The Kier molecular flexibility index (Phi) is 3.69. The van der Waals surface area contributed by atoms with Crippen molar-refractivity contribution in [2.45, 2.75) is 13.5 Å². The Morgan fingerprint density at radius 1 is 1.40 bits per heavy atom. The molecule has 0 aliphatic heterocycles. The topological polar surface area (TPSA) is 75.0 Å². The fourth-order valence-corrected chi connectivity index (χ4v) is 1.77. The van der Waals surface area contributed by atoms with Gasteiger partial charge in [-0.1, -0.05) is 6.07 Å². The number of aryl methyl sites for hydroxylation is 1. The van der Waals surface area contributed by atoms with E-state index < -0.39 is 17.5 Å². The summed E-state index contributed by atoms with van der Waals surface area (Å²) in [7, 11) is 1.53. The Bertz CT molecular complexity index is 654. The molecule has 1 aromatic carbocycles. The van der Waals surface area contributed by atoms with Crippen LogP contribution in [-0.4, -0.2) is 28.1 Å². The van der Waals surface area contributed by atoms with E-state index >= 15 is 0 Å². The largest absolute Gasteiger partial charge is 0.395 e. The molecular weight excluding hydrogens is 266 g/mol. The van der Waals surface area contributed by atoms with E-state index in [0.717, 1.165) is 12.1 Å². The molecule has 1 heterocycles. The standard InChI is InChI=1S/C13H14F2N4O/c1-7-11(16)12(18-17-7)13(20)19(2)6-8-3-4-9(14)10(15)5-8/h3-5H,6,16H2,1-2H3,(H,17,18). The molecule has 2 rings (SSSR count). The highest BCUT2D eigenvalue weighted by Crippen LogP contribution is 2.16. The summed E-state index contributed by atoms with van der Waals surface area (Å²) in [5.41, 5.74) is 7.21. The quantitative estimate of drug-likeness (QED) is 0.901. The molecule has 0 aliphatic rings. The van der Waals surface area contributed by atoms with Crippen LogP contribution in [-0.2, 0) is 6.54 Å². The summed E-state index contributed by atoms with van der Waals surface area (Å²) in [6.45, 7) is 1.83. The molecule has 5 nitrogen and oxygen atoms in total. The highest BCUT2D eigenvalue weighted by atomic mass is 19.2. The second-order valence-corrected chi connectivity index (χ2v) is 4.52. The van der Waals surface area contributed by atoms with E-state index in [9.17, 15) is 13.6 Å². The molecule has 7 heteroatoms. The van der Waals surface area contributed by atoms with Crippen LogP contribution in [0.15, 0.2) is 18.2 Å². The van der Waals surface area contributed by atoms with Crippen molar-refractivity contribution in [1.29, 1.82) is 0 Å². The summed E-state index contributed by atoms with van der Waals surface area (Å²) in [5, 5.41) is 6.46. The molecule has 2 aromatic rings. The number of anilines is 1. The Hall–Kier alpha value is -2.44. The van der Waals surface area contributed by atoms with E-state index in [1.54, 1.807) is 6.92 Å². The van der Waals surface area contributed by atoms with Crippen LogP contribution in [0.5, 0.6) is 0 Å². The molecule has 0 fully saturated rings. The summed E-state index contributed by atoms with van der Waals surface area (Å²) in [4.78, 5) is 13.5. The lowest BCUT2D eigenvalue weighted by Crippen LogP contribution is -2.27. The fourth-order valence-electron chi connectivity index (χ4n) is 1.77. The number of rotatable bonds is 3. The van der Waals surface area contributed by atoms with Crippen LogP contribution >= 0.6 is 0 Å². The highest BCUT2D eigenvalue weighted by Gasteiger charge is 2.19. The normalized spacial score (nSPS) is 10.6. The first-order valence-corrected chi connectivity index (χ1v) is 5.90. The Balaban J connectivity index is 2.15. The van der Waals surface area contributed by atoms with Crippen molar-refractivity contribution in [3.05, 3.63) is 46.8 Å². The molecule has 0 saturated heterocycles. The van der Waals surface area contributed by atoms with Crippen molar-refractivity contribution in [2.24, 2.45) is 0 Å². The second-order valence-electron chi connectivity index (χ2n) is 4.52. The van der Waals surface area contributed by atoms with E-state index in [2.05, 4.69) is 10.2 Å². The van der Waals surface area contributed by atoms with Crippen LogP contribution in [0.3, 0.4) is 0 Å². The molecule has 20 heavy (non-hydrogen) atoms. The van der Waals surface area contributed by atoms with Gasteiger partial charge in [0.05, 0.1) is 11.4 Å². The third kappa shape index (κ3) is 2.61. The minimum atomic E-state index is -0.946. The van der Waals surface area contributed by atoms with Crippen LogP contribution < -0.4 is 5.73 Å². The Morgan fingerprint density at radius 2 is 2.10 bits per heavy atom. The summed E-state index contributed by atoms with van der Waals surface area (Å²) in [6.07, 6.45) is 0. The third-order valence-corrected chi connectivity index (χ3v) is 2.95. The molecule has 3 N–H and O–H groups in total. The van der Waals surface area contributed by atoms with Crippen molar-refractivity contribution in [1.82, 2.24) is 15.1 Å². The van der Waals surface area contributed by atoms with Gasteiger partial charge in [0.2, 0.25) is 0 Å². The molecule has 0 spiro atoms. The van der Waals surface area contributed by atoms with Crippen LogP contribution in [0.2, 0.25) is 0 Å². The number of H-pyrrole nitrogens is 1. The van der Waals surface area contributed by atoms with E-state index in [-0.39, 0.29) is 17.9 Å². The van der Waals surface area contributed by atoms with Gasteiger partial charge in [0.1, 0.15) is 0 Å². The molecule has 1 amide bonds. The van der Waals surface area contributed by atoms with Gasteiger partial charge in [-0.05, 0) is 24.6 Å². The van der Waals surface area contributed by atoms with Gasteiger partial charge < -0.3 is 10.6 Å². The predicted molar refractivity (Wildman–Crippen MR) is 69.9 cm³/mol. The lowest BCUT2D eigenvalue weighted by atomic mass is 10.2. The number of amides is 1. The maximum Gasteiger partial charge on any atom is 0.276 e. The number of nitrogens with zero attached hydrogens (tertiary/aromatic N) is 2. The molecule has 0 atom stereocenters. The van der Waals surface area contributed by atoms with Gasteiger partial charge in [-0.2, -0.15) is 5.10 Å². The third-order valence-electron chi connectivity index (χ3n) is 2.95. The molecule has 0 unspecified atom stereocenters. The first-order valence-electron chi connectivity index (χ1n) is 5.90. The number of halogens is 2. The van der Waals surface area contributed by atoms with Gasteiger partial charge in [0, 0.05) is 13.6 Å². The van der Waals surface area contributed by atoms with E-state index in [1.165, 1.54) is 18.0 Å². The molecule has 1 aromatic heterocycles. The van der Waals surface area contributed by atoms with Crippen LogP contribution in [0.25, 0.3) is 0 Å². The van der Waals surface area contributed by atoms with E-state index in [0.29, 0.717) is 11.3 Å². The first kappa shape index (κ1) is 14.0. The maximum atomic E-state index is 13.1. The minimum absolute atomic E-state index is 0.118. The number of benzene rings is 1. The van der Waals surface area contributed by atoms with Crippen molar-refractivity contribution < 1.29 is 13.6 Å². The molecule has 0 radical (unpaired) electrons. The van der Waals surface area contributed by atoms with Gasteiger partial charge in [-0.15, -0.1) is 0 Å². The number of aromatic amines is 1. The van der Waals surface area contributed by atoms with E-state index in [4.69, 9.17) is 5.73 Å². The van der Waals surface area contributed by atoms with Crippen molar-refractivity contribution in [3.8, 4) is 0 Å². The monoisotopic (exact) mass is 280 g/mol. The number of carbonyl (C=O) groups excluding carboxylic acids is 1. The van der Waals surface area contributed by atoms with Gasteiger partial charge in [-0.25, -0.2) is 8.78 Å². The smallest absolute Gasteiger partial charge is 0.276 e. The van der Waals surface area contributed by atoms with Gasteiger partial charge in [0.25, 0.3) is 5.91 Å². The fraction of sp³-hybridized carbons (Fsp3) is 0.231. The van der Waals surface area contributed by atoms with Crippen LogP contribution in [0, 0.1) is 18.6 Å². The number of nitrogens with two attached hydrogens (primary N) is 1. The van der Waals surface area contributed by atoms with Gasteiger partial charge >= 0.3 is 0 Å². The average Bonchev–Trinajstić information content (AvgIpc) is 2.73. The zero-order chi connectivity index (χ0) is 14.9. The van der Waals surface area contributed by atoms with Crippen molar-refractivity contribution in [2.75, 3.05) is 12.8 Å².